The Balaban J connectivity index is 1.92. The van der Waals surface area contributed by atoms with E-state index in [9.17, 15) is 13.2 Å². The summed E-state index contributed by atoms with van der Waals surface area (Å²) in [4.78, 5) is 16.1. The van der Waals surface area contributed by atoms with Crippen LogP contribution in [-0.2, 0) is 23.1 Å². The van der Waals surface area contributed by atoms with Crippen LogP contribution in [-0.4, -0.2) is 42.8 Å². The van der Waals surface area contributed by atoms with E-state index in [1.165, 1.54) is 47.4 Å². The number of nitrogens with zero attached hydrogens (tertiary/aromatic N) is 3. The van der Waals surface area contributed by atoms with Crippen LogP contribution in [0.25, 0.3) is 0 Å². The zero-order valence-corrected chi connectivity index (χ0v) is 16.3. The third-order valence-corrected chi connectivity index (χ3v) is 7.46. The molecule has 1 atom stereocenters. The lowest BCUT2D eigenvalue weighted by atomic mass is 9.98. The molecule has 0 unspecified atom stereocenters. The van der Waals surface area contributed by atoms with Crippen molar-refractivity contribution >= 4 is 21.4 Å². The number of rotatable bonds is 5. The standard InChI is InChI=1S/C17H23N3O3S2/c1-4-15-14-8-10-24-16(14)7-9-19(15)12-20-11-13(5-6-17(20)21)25(22,23)18(2)3/h5-6,8,10-11,15H,4,7,9,12H2,1-3H3/t15-/m1/s1. The van der Waals surface area contributed by atoms with Crippen LogP contribution in [0.15, 0.2) is 39.5 Å². The van der Waals surface area contributed by atoms with Crippen molar-refractivity contribution < 1.29 is 8.42 Å². The van der Waals surface area contributed by atoms with Crippen LogP contribution in [0, 0.1) is 0 Å². The van der Waals surface area contributed by atoms with Gasteiger partial charge in [-0.05, 0) is 35.9 Å². The minimum absolute atomic E-state index is 0.137. The predicted octanol–water partition coefficient (Wildman–Crippen LogP) is 2.13. The number of sulfonamides is 1. The highest BCUT2D eigenvalue weighted by Gasteiger charge is 2.27. The third-order valence-electron chi connectivity index (χ3n) is 4.66. The lowest BCUT2D eigenvalue weighted by Crippen LogP contribution is -2.39. The summed E-state index contributed by atoms with van der Waals surface area (Å²) in [5.74, 6) is 0. The fraction of sp³-hybridized carbons (Fsp3) is 0.471. The quantitative estimate of drug-likeness (QED) is 0.796. The summed E-state index contributed by atoms with van der Waals surface area (Å²) in [6, 6.07) is 5.13. The van der Waals surface area contributed by atoms with Gasteiger partial charge in [-0.3, -0.25) is 9.69 Å². The van der Waals surface area contributed by atoms with E-state index in [-0.39, 0.29) is 16.5 Å². The van der Waals surface area contributed by atoms with E-state index >= 15 is 0 Å². The Kier molecular flexibility index (Phi) is 5.15. The van der Waals surface area contributed by atoms with Gasteiger partial charge in [-0.25, -0.2) is 12.7 Å². The molecule has 0 radical (unpaired) electrons. The van der Waals surface area contributed by atoms with Crippen molar-refractivity contribution in [3.05, 3.63) is 50.6 Å². The van der Waals surface area contributed by atoms with Crippen LogP contribution in [0.2, 0.25) is 0 Å². The molecule has 1 aliphatic heterocycles. The van der Waals surface area contributed by atoms with Crippen molar-refractivity contribution in [1.82, 2.24) is 13.8 Å². The van der Waals surface area contributed by atoms with Crippen LogP contribution < -0.4 is 5.56 Å². The molecule has 0 spiro atoms. The SMILES string of the molecule is CC[C@@H]1c2ccsc2CCN1Cn1cc(S(=O)(=O)N(C)C)ccc1=O. The Labute approximate surface area is 152 Å². The van der Waals surface area contributed by atoms with Crippen molar-refractivity contribution in [1.29, 1.82) is 0 Å². The molecule has 25 heavy (non-hydrogen) atoms. The molecule has 6 nitrogen and oxygen atoms in total. The van der Waals surface area contributed by atoms with Crippen molar-refractivity contribution in [3.8, 4) is 0 Å². The molecule has 1 aliphatic rings. The summed E-state index contributed by atoms with van der Waals surface area (Å²) in [5, 5.41) is 2.12. The van der Waals surface area contributed by atoms with Gasteiger partial charge in [0.25, 0.3) is 5.56 Å². The van der Waals surface area contributed by atoms with E-state index in [2.05, 4.69) is 23.3 Å². The van der Waals surface area contributed by atoms with Gasteiger partial charge in [0.15, 0.2) is 0 Å². The average Bonchev–Trinajstić information content (AvgIpc) is 3.05. The van der Waals surface area contributed by atoms with Crippen molar-refractivity contribution in [3.63, 3.8) is 0 Å². The molecule has 0 amide bonds. The second-order valence-corrected chi connectivity index (χ2v) is 9.54. The summed E-state index contributed by atoms with van der Waals surface area (Å²) in [6.45, 7) is 3.40. The van der Waals surface area contributed by atoms with Crippen molar-refractivity contribution in [2.75, 3.05) is 20.6 Å². The number of hydrogen-bond donors (Lipinski definition) is 0. The van der Waals surface area contributed by atoms with Gasteiger partial charge in [-0.15, -0.1) is 11.3 Å². The Morgan fingerprint density at radius 3 is 2.72 bits per heavy atom. The molecule has 0 fully saturated rings. The number of pyridine rings is 1. The number of fused-ring (bicyclic) bond motifs is 1. The van der Waals surface area contributed by atoms with Gasteiger partial charge < -0.3 is 4.57 Å². The largest absolute Gasteiger partial charge is 0.301 e. The third kappa shape index (κ3) is 3.44. The predicted molar refractivity (Wildman–Crippen MR) is 99.3 cm³/mol. The van der Waals surface area contributed by atoms with E-state index in [1.807, 2.05) is 0 Å². The lowest BCUT2D eigenvalue weighted by Gasteiger charge is -2.35. The normalized spacial score (nSPS) is 18.5. The molecule has 0 N–H and O–H groups in total. The first kappa shape index (κ1) is 18.3. The van der Waals surface area contributed by atoms with Crippen LogP contribution in [0.4, 0.5) is 0 Å². The minimum atomic E-state index is -3.56. The summed E-state index contributed by atoms with van der Waals surface area (Å²) < 4.78 is 27.3. The highest BCUT2D eigenvalue weighted by Crippen LogP contribution is 2.35. The summed E-state index contributed by atoms with van der Waals surface area (Å²) in [7, 11) is -0.586. The van der Waals surface area contributed by atoms with Crippen LogP contribution in [0.1, 0.15) is 29.8 Å². The molecule has 0 saturated carbocycles. The maximum atomic E-state index is 12.3. The van der Waals surface area contributed by atoms with Gasteiger partial charge >= 0.3 is 0 Å². The topological polar surface area (TPSA) is 62.6 Å². The minimum Gasteiger partial charge on any atom is -0.301 e. The van der Waals surface area contributed by atoms with Gasteiger partial charge in [0.1, 0.15) is 0 Å². The van der Waals surface area contributed by atoms with Gasteiger partial charge in [0.05, 0.1) is 11.6 Å². The maximum absolute atomic E-state index is 12.3. The zero-order valence-electron chi connectivity index (χ0n) is 14.7. The molecule has 0 aromatic carbocycles. The van der Waals surface area contributed by atoms with E-state index < -0.39 is 10.0 Å². The fourth-order valence-corrected chi connectivity index (χ4v) is 5.13. The average molecular weight is 382 g/mol. The van der Waals surface area contributed by atoms with E-state index in [0.717, 1.165) is 23.7 Å². The Bertz CT molecular complexity index is 915. The molecule has 0 bridgehead atoms. The van der Waals surface area contributed by atoms with E-state index in [4.69, 9.17) is 0 Å². The summed E-state index contributed by atoms with van der Waals surface area (Å²) in [5.41, 5.74) is 1.15. The maximum Gasteiger partial charge on any atom is 0.251 e. The second-order valence-electron chi connectivity index (χ2n) is 6.39. The van der Waals surface area contributed by atoms with E-state index in [0.29, 0.717) is 6.67 Å². The number of aromatic nitrogens is 1. The molecule has 8 heteroatoms. The smallest absolute Gasteiger partial charge is 0.251 e. The van der Waals surface area contributed by atoms with Crippen LogP contribution in [0.5, 0.6) is 0 Å². The number of hydrogen-bond acceptors (Lipinski definition) is 5. The molecule has 3 rings (SSSR count). The molecular weight excluding hydrogens is 358 g/mol. The Hall–Kier alpha value is -1.48. The van der Waals surface area contributed by atoms with Gasteiger partial charge in [0, 0.05) is 43.8 Å². The first-order valence-electron chi connectivity index (χ1n) is 8.28. The van der Waals surface area contributed by atoms with E-state index in [1.54, 1.807) is 11.3 Å². The number of thiophene rings is 1. The van der Waals surface area contributed by atoms with Crippen molar-refractivity contribution in [2.24, 2.45) is 0 Å². The summed E-state index contributed by atoms with van der Waals surface area (Å²) in [6.07, 6.45) is 3.37. The Morgan fingerprint density at radius 2 is 2.04 bits per heavy atom. The Morgan fingerprint density at radius 1 is 1.28 bits per heavy atom. The highest BCUT2D eigenvalue weighted by atomic mass is 32.2. The first-order valence-corrected chi connectivity index (χ1v) is 10.6. The first-order chi connectivity index (χ1) is 11.8. The lowest BCUT2D eigenvalue weighted by molar-refractivity contribution is 0.135. The van der Waals surface area contributed by atoms with Crippen molar-refractivity contribution in [2.45, 2.75) is 37.4 Å². The van der Waals surface area contributed by atoms with Gasteiger partial charge in [0.2, 0.25) is 10.0 Å². The molecule has 2 aromatic rings. The van der Waals surface area contributed by atoms with Crippen LogP contribution in [0.3, 0.4) is 0 Å². The monoisotopic (exact) mass is 381 g/mol. The highest BCUT2D eigenvalue weighted by molar-refractivity contribution is 7.89. The molecular formula is C17H23N3O3S2. The van der Waals surface area contributed by atoms with Gasteiger partial charge in [-0.2, -0.15) is 0 Å². The summed E-state index contributed by atoms with van der Waals surface area (Å²) >= 11 is 1.78. The molecule has 136 valence electrons. The second kappa shape index (κ2) is 7.03. The van der Waals surface area contributed by atoms with Gasteiger partial charge in [-0.1, -0.05) is 6.92 Å². The molecule has 3 heterocycles. The zero-order chi connectivity index (χ0) is 18.2. The fourth-order valence-electron chi connectivity index (χ4n) is 3.27. The molecule has 0 aliphatic carbocycles. The molecule has 0 saturated heterocycles. The molecule has 2 aromatic heterocycles. The van der Waals surface area contributed by atoms with Crippen LogP contribution >= 0.6 is 11.3 Å².